The fourth-order valence-corrected chi connectivity index (χ4v) is 3.44. The molecule has 0 radical (unpaired) electrons. The van der Waals surface area contributed by atoms with E-state index in [-0.39, 0.29) is 11.9 Å². The number of hydrogen-bond acceptors (Lipinski definition) is 3. The summed E-state index contributed by atoms with van der Waals surface area (Å²) in [6.45, 7) is 7.95. The number of rotatable bonds is 3. The van der Waals surface area contributed by atoms with Crippen molar-refractivity contribution in [3.8, 4) is 0 Å². The Morgan fingerprint density at radius 2 is 2.05 bits per heavy atom. The summed E-state index contributed by atoms with van der Waals surface area (Å²) >= 11 is 7.83. The van der Waals surface area contributed by atoms with Crippen LogP contribution in [0.3, 0.4) is 0 Å². The van der Waals surface area contributed by atoms with Gasteiger partial charge in [-0.1, -0.05) is 11.6 Å². The van der Waals surface area contributed by atoms with Crippen molar-refractivity contribution >= 4 is 28.8 Å². The number of carbonyl (C=O) groups excluding carboxylic acids is 1. The summed E-state index contributed by atoms with van der Waals surface area (Å²) in [6, 6.07) is 3.76. The lowest BCUT2D eigenvalue weighted by Gasteiger charge is -2.14. The molecule has 2 aromatic heterocycles. The molecule has 0 spiro atoms. The highest BCUT2D eigenvalue weighted by Gasteiger charge is 2.17. The summed E-state index contributed by atoms with van der Waals surface area (Å²) in [4.78, 5) is 18.8. The van der Waals surface area contributed by atoms with Gasteiger partial charge in [0.25, 0.3) is 5.91 Å². The molecule has 0 aliphatic rings. The van der Waals surface area contributed by atoms with Crippen LogP contribution in [-0.4, -0.2) is 10.9 Å². The highest BCUT2D eigenvalue weighted by atomic mass is 35.5. The Kier molecular flexibility index (Phi) is 4.45. The van der Waals surface area contributed by atoms with Crippen molar-refractivity contribution < 1.29 is 4.79 Å². The van der Waals surface area contributed by atoms with Crippen LogP contribution in [0.1, 0.15) is 44.3 Å². The number of aromatic nitrogens is 1. The Balaban J connectivity index is 2.17. The third kappa shape index (κ3) is 3.19. The van der Waals surface area contributed by atoms with Gasteiger partial charge in [0.1, 0.15) is 0 Å². The van der Waals surface area contributed by atoms with Crippen LogP contribution in [-0.2, 0) is 0 Å². The topological polar surface area (TPSA) is 42.0 Å². The normalized spacial score (nSPS) is 12.2. The van der Waals surface area contributed by atoms with E-state index in [0.717, 1.165) is 11.3 Å². The predicted octanol–water partition coefficient (Wildman–Crippen LogP) is 4.21. The first-order valence-electron chi connectivity index (χ1n) is 6.38. The average molecular weight is 309 g/mol. The Labute approximate surface area is 128 Å². The number of halogens is 1. The van der Waals surface area contributed by atoms with Gasteiger partial charge in [0.05, 0.1) is 16.6 Å². The van der Waals surface area contributed by atoms with Gasteiger partial charge in [-0.3, -0.25) is 9.78 Å². The molecule has 1 amide bonds. The Hall–Kier alpha value is -1.39. The van der Waals surface area contributed by atoms with E-state index in [4.69, 9.17) is 11.6 Å². The molecule has 1 N–H and O–H groups in total. The predicted molar refractivity (Wildman–Crippen MR) is 83.7 cm³/mol. The molecule has 0 saturated carbocycles. The van der Waals surface area contributed by atoms with E-state index in [1.165, 1.54) is 16.0 Å². The van der Waals surface area contributed by atoms with Crippen molar-refractivity contribution in [2.45, 2.75) is 33.7 Å². The van der Waals surface area contributed by atoms with Gasteiger partial charge in [0.2, 0.25) is 0 Å². The van der Waals surface area contributed by atoms with Gasteiger partial charge in [-0.05, 0) is 45.4 Å². The second-order valence-corrected chi connectivity index (χ2v) is 6.74. The molecule has 2 aromatic rings. The van der Waals surface area contributed by atoms with E-state index in [9.17, 15) is 4.79 Å². The molecule has 5 heteroatoms. The fraction of sp³-hybridized carbons (Fsp3) is 0.333. The average Bonchev–Trinajstić information content (AvgIpc) is 2.68. The molecule has 1 unspecified atom stereocenters. The molecule has 0 aliphatic heterocycles. The van der Waals surface area contributed by atoms with Gasteiger partial charge in [-0.15, -0.1) is 11.3 Å². The summed E-state index contributed by atoms with van der Waals surface area (Å²) in [6.07, 6.45) is 1.52. The first-order valence-corrected chi connectivity index (χ1v) is 7.58. The Morgan fingerprint density at radius 1 is 1.35 bits per heavy atom. The van der Waals surface area contributed by atoms with Crippen LogP contribution in [0.25, 0.3) is 0 Å². The summed E-state index contributed by atoms with van der Waals surface area (Å²) in [5.41, 5.74) is 2.36. The number of nitrogens with zero attached hydrogens (tertiary/aromatic N) is 1. The molecular weight excluding hydrogens is 292 g/mol. The number of hydrogen-bond donors (Lipinski definition) is 1. The van der Waals surface area contributed by atoms with Crippen molar-refractivity contribution in [3.05, 3.63) is 49.9 Å². The maximum absolute atomic E-state index is 12.2. The third-order valence-electron chi connectivity index (χ3n) is 3.13. The second-order valence-electron chi connectivity index (χ2n) is 4.87. The number of pyridine rings is 1. The van der Waals surface area contributed by atoms with Gasteiger partial charge in [0, 0.05) is 21.6 Å². The van der Waals surface area contributed by atoms with Crippen molar-refractivity contribution in [3.63, 3.8) is 0 Å². The minimum atomic E-state index is -0.196. The molecule has 2 heterocycles. The summed E-state index contributed by atoms with van der Waals surface area (Å²) in [7, 11) is 0. The van der Waals surface area contributed by atoms with Crippen molar-refractivity contribution in [1.29, 1.82) is 0 Å². The van der Waals surface area contributed by atoms with Crippen LogP contribution in [0.2, 0.25) is 5.02 Å². The van der Waals surface area contributed by atoms with E-state index in [0.29, 0.717) is 10.6 Å². The molecule has 0 saturated heterocycles. The zero-order chi connectivity index (χ0) is 14.9. The molecule has 20 heavy (non-hydrogen) atoms. The van der Waals surface area contributed by atoms with Crippen molar-refractivity contribution in [2.75, 3.05) is 0 Å². The highest BCUT2D eigenvalue weighted by molar-refractivity contribution is 7.12. The minimum Gasteiger partial charge on any atom is -0.345 e. The van der Waals surface area contributed by atoms with Gasteiger partial charge in [-0.25, -0.2) is 0 Å². The zero-order valence-electron chi connectivity index (χ0n) is 12.0. The summed E-state index contributed by atoms with van der Waals surface area (Å²) in [5.74, 6) is -0.196. The lowest BCUT2D eigenvalue weighted by molar-refractivity contribution is 0.0939. The summed E-state index contributed by atoms with van der Waals surface area (Å²) in [5, 5.41) is 3.40. The van der Waals surface area contributed by atoms with Crippen LogP contribution < -0.4 is 5.32 Å². The maximum Gasteiger partial charge on any atom is 0.254 e. The SMILES string of the molecule is Cc1cc(Cl)c(C(=O)NC(C)c2cc(C)sc2C)cn1. The Morgan fingerprint density at radius 3 is 2.60 bits per heavy atom. The standard InChI is InChI=1S/C15H17ClN2OS/c1-8-5-14(16)13(7-17-8)15(19)18-10(3)12-6-9(2)20-11(12)4/h5-7,10H,1-4H3,(H,18,19). The molecule has 0 fully saturated rings. The molecule has 1 atom stereocenters. The quantitative estimate of drug-likeness (QED) is 0.922. The minimum absolute atomic E-state index is 0.0511. The first kappa shape index (κ1) is 15.0. The van der Waals surface area contributed by atoms with Gasteiger partial charge in [0.15, 0.2) is 0 Å². The summed E-state index contributed by atoms with van der Waals surface area (Å²) < 4.78 is 0. The van der Waals surface area contributed by atoms with Crippen LogP contribution >= 0.6 is 22.9 Å². The van der Waals surface area contributed by atoms with E-state index in [1.807, 2.05) is 13.8 Å². The lowest BCUT2D eigenvalue weighted by atomic mass is 10.1. The molecule has 0 aromatic carbocycles. The second kappa shape index (κ2) is 5.94. The molecule has 0 bridgehead atoms. The number of thiophene rings is 1. The van der Waals surface area contributed by atoms with E-state index in [2.05, 4.69) is 30.2 Å². The molecular formula is C15H17ClN2OS. The van der Waals surface area contributed by atoms with Crippen molar-refractivity contribution in [2.24, 2.45) is 0 Å². The Bertz CT molecular complexity index is 651. The van der Waals surface area contributed by atoms with Gasteiger partial charge >= 0.3 is 0 Å². The largest absolute Gasteiger partial charge is 0.345 e. The van der Waals surface area contributed by atoms with Crippen LogP contribution in [0, 0.1) is 20.8 Å². The highest BCUT2D eigenvalue weighted by Crippen LogP contribution is 2.26. The maximum atomic E-state index is 12.2. The fourth-order valence-electron chi connectivity index (χ4n) is 2.13. The van der Waals surface area contributed by atoms with Gasteiger partial charge < -0.3 is 5.32 Å². The smallest absolute Gasteiger partial charge is 0.254 e. The molecule has 106 valence electrons. The number of amides is 1. The third-order valence-corrected chi connectivity index (χ3v) is 4.42. The van der Waals surface area contributed by atoms with E-state index >= 15 is 0 Å². The number of nitrogens with one attached hydrogen (secondary N) is 1. The monoisotopic (exact) mass is 308 g/mol. The van der Waals surface area contributed by atoms with Crippen LogP contribution in [0.15, 0.2) is 18.3 Å². The van der Waals surface area contributed by atoms with Crippen molar-refractivity contribution in [1.82, 2.24) is 10.3 Å². The number of aryl methyl sites for hydroxylation is 3. The first-order chi connectivity index (χ1) is 9.38. The van der Waals surface area contributed by atoms with E-state index < -0.39 is 0 Å². The van der Waals surface area contributed by atoms with Crippen LogP contribution in [0.4, 0.5) is 0 Å². The van der Waals surface area contributed by atoms with Gasteiger partial charge in [-0.2, -0.15) is 0 Å². The molecule has 2 rings (SSSR count). The zero-order valence-corrected chi connectivity index (χ0v) is 13.5. The lowest BCUT2D eigenvalue weighted by Crippen LogP contribution is -2.27. The number of carbonyl (C=O) groups is 1. The molecule has 0 aliphatic carbocycles. The van der Waals surface area contributed by atoms with Crippen LogP contribution in [0.5, 0.6) is 0 Å². The molecule has 3 nitrogen and oxygen atoms in total. The van der Waals surface area contributed by atoms with E-state index in [1.54, 1.807) is 17.4 Å².